The minimum absolute atomic E-state index is 0. The third kappa shape index (κ3) is 4.23. The predicted octanol–water partition coefficient (Wildman–Crippen LogP) is 3.63. The van der Waals surface area contributed by atoms with Crippen LogP contribution in [0.3, 0.4) is 0 Å². The van der Waals surface area contributed by atoms with Crippen LogP contribution in [0.25, 0.3) is 0 Å². The first-order valence-corrected chi connectivity index (χ1v) is 9.36. The maximum atomic E-state index is 13.0. The van der Waals surface area contributed by atoms with Crippen molar-refractivity contribution in [2.75, 3.05) is 20.8 Å². The van der Waals surface area contributed by atoms with Crippen LogP contribution in [0.15, 0.2) is 16.6 Å². The van der Waals surface area contributed by atoms with Crippen LogP contribution in [0.1, 0.15) is 43.0 Å². The number of halogens is 2. The summed E-state index contributed by atoms with van der Waals surface area (Å²) in [4.78, 5) is 14.9. The van der Waals surface area contributed by atoms with Gasteiger partial charge < -0.3 is 19.7 Å². The first-order valence-electron chi connectivity index (χ1n) is 8.57. The summed E-state index contributed by atoms with van der Waals surface area (Å²) in [5, 5.41) is 3.62. The van der Waals surface area contributed by atoms with E-state index in [2.05, 4.69) is 21.2 Å². The first-order chi connectivity index (χ1) is 11.5. The minimum atomic E-state index is 0. The van der Waals surface area contributed by atoms with Crippen molar-refractivity contribution >= 4 is 34.2 Å². The molecule has 0 aliphatic carbocycles. The van der Waals surface area contributed by atoms with E-state index in [0.29, 0.717) is 41.8 Å². The molecule has 2 unspecified atom stereocenters. The summed E-state index contributed by atoms with van der Waals surface area (Å²) in [6, 6.07) is 5.01. The highest BCUT2D eigenvalue weighted by molar-refractivity contribution is 9.10. The van der Waals surface area contributed by atoms with Crippen LogP contribution in [0.5, 0.6) is 11.5 Å². The quantitative estimate of drug-likeness (QED) is 0.770. The SMILES string of the molecule is CCOc1c(Br)cc(C(=O)N(C)C2CC3CCC(C2)N3)cc1OC.Cl. The third-order valence-corrected chi connectivity index (χ3v) is 5.67. The molecule has 2 bridgehead atoms. The van der Waals surface area contributed by atoms with Gasteiger partial charge in [0.05, 0.1) is 18.2 Å². The van der Waals surface area contributed by atoms with Gasteiger partial charge in [0.25, 0.3) is 5.91 Å². The number of benzene rings is 1. The second-order valence-corrected chi connectivity index (χ2v) is 7.46. The summed E-state index contributed by atoms with van der Waals surface area (Å²) < 4.78 is 11.7. The van der Waals surface area contributed by atoms with Crippen molar-refractivity contribution in [1.29, 1.82) is 0 Å². The lowest BCUT2D eigenvalue weighted by Gasteiger charge is -2.35. The van der Waals surface area contributed by atoms with Crippen LogP contribution in [0.4, 0.5) is 0 Å². The summed E-state index contributed by atoms with van der Waals surface area (Å²) >= 11 is 3.50. The normalized spacial score (nSPS) is 24.4. The number of rotatable bonds is 5. The highest BCUT2D eigenvalue weighted by Crippen LogP contribution is 2.37. The van der Waals surface area contributed by atoms with Crippen LogP contribution in [-0.2, 0) is 0 Å². The summed E-state index contributed by atoms with van der Waals surface area (Å²) in [5.74, 6) is 1.25. The number of carbonyl (C=O) groups is 1. The first kappa shape index (κ1) is 20.3. The average Bonchev–Trinajstić information content (AvgIpc) is 2.93. The highest BCUT2D eigenvalue weighted by Gasteiger charge is 2.36. The molecule has 2 atom stereocenters. The zero-order valence-corrected chi connectivity index (χ0v) is 17.3. The number of nitrogens with zero attached hydrogens (tertiary/aromatic N) is 1. The molecule has 0 spiro atoms. The van der Waals surface area contributed by atoms with Crippen molar-refractivity contribution < 1.29 is 14.3 Å². The van der Waals surface area contributed by atoms with E-state index in [0.717, 1.165) is 17.3 Å². The van der Waals surface area contributed by atoms with Crippen LogP contribution in [0.2, 0.25) is 0 Å². The lowest BCUT2D eigenvalue weighted by atomic mass is 9.98. The van der Waals surface area contributed by atoms with Gasteiger partial charge in [0.15, 0.2) is 11.5 Å². The lowest BCUT2D eigenvalue weighted by molar-refractivity contribution is 0.0681. The van der Waals surface area contributed by atoms with Crippen LogP contribution in [0, 0.1) is 0 Å². The van der Waals surface area contributed by atoms with E-state index < -0.39 is 0 Å². The maximum Gasteiger partial charge on any atom is 0.254 e. The van der Waals surface area contributed by atoms with Crippen molar-refractivity contribution in [3.63, 3.8) is 0 Å². The van der Waals surface area contributed by atoms with E-state index in [-0.39, 0.29) is 18.3 Å². The van der Waals surface area contributed by atoms with Gasteiger partial charge in [0, 0.05) is 30.7 Å². The van der Waals surface area contributed by atoms with Gasteiger partial charge in [0.2, 0.25) is 0 Å². The summed E-state index contributed by atoms with van der Waals surface area (Å²) in [5.41, 5.74) is 0.621. The smallest absolute Gasteiger partial charge is 0.254 e. The second kappa shape index (κ2) is 8.60. The molecule has 2 aliphatic heterocycles. The number of ether oxygens (including phenoxy) is 2. The maximum absolute atomic E-state index is 13.0. The van der Waals surface area contributed by atoms with Crippen LogP contribution < -0.4 is 14.8 Å². The van der Waals surface area contributed by atoms with E-state index >= 15 is 0 Å². The van der Waals surface area contributed by atoms with E-state index in [4.69, 9.17) is 9.47 Å². The molecule has 0 saturated carbocycles. The summed E-state index contributed by atoms with van der Waals surface area (Å²) in [7, 11) is 3.50. The Labute approximate surface area is 164 Å². The second-order valence-electron chi connectivity index (χ2n) is 6.60. The van der Waals surface area contributed by atoms with E-state index in [1.165, 1.54) is 12.8 Å². The molecule has 25 heavy (non-hydrogen) atoms. The number of hydrogen-bond donors (Lipinski definition) is 1. The Hall–Kier alpha value is -0.980. The standard InChI is InChI=1S/C18H25BrN2O3.ClH/c1-4-24-17-15(19)7-11(8-16(17)23-3)18(22)21(2)14-9-12-5-6-13(10-14)20-12;/h7-8,12-14,20H,4-6,9-10H2,1-3H3;1H. The molecule has 1 amide bonds. The molecule has 1 aromatic rings. The Balaban J connectivity index is 0.00000225. The van der Waals surface area contributed by atoms with E-state index in [1.807, 2.05) is 24.9 Å². The molecule has 7 heteroatoms. The molecule has 1 aromatic carbocycles. The Morgan fingerprint density at radius 2 is 1.96 bits per heavy atom. The number of carbonyl (C=O) groups excluding carboxylic acids is 1. The van der Waals surface area contributed by atoms with Crippen molar-refractivity contribution in [2.24, 2.45) is 0 Å². The molecule has 3 rings (SSSR count). The summed E-state index contributed by atoms with van der Waals surface area (Å²) in [6.07, 6.45) is 4.53. The Bertz CT molecular complexity index is 617. The topological polar surface area (TPSA) is 50.8 Å². The van der Waals surface area contributed by atoms with Gasteiger partial charge in [0.1, 0.15) is 0 Å². The molecule has 0 radical (unpaired) electrons. The van der Waals surface area contributed by atoms with Gasteiger partial charge in [-0.3, -0.25) is 4.79 Å². The van der Waals surface area contributed by atoms with Crippen LogP contribution in [-0.4, -0.2) is 49.7 Å². The van der Waals surface area contributed by atoms with Crippen LogP contribution >= 0.6 is 28.3 Å². The monoisotopic (exact) mass is 432 g/mol. The molecule has 2 saturated heterocycles. The average molecular weight is 434 g/mol. The molecule has 2 fully saturated rings. The molecular formula is C18H26BrClN2O3. The Morgan fingerprint density at radius 3 is 2.52 bits per heavy atom. The van der Waals surface area contributed by atoms with Gasteiger partial charge in [-0.2, -0.15) is 0 Å². The highest BCUT2D eigenvalue weighted by atomic mass is 79.9. The van der Waals surface area contributed by atoms with Crippen molar-refractivity contribution in [2.45, 2.75) is 50.7 Å². The van der Waals surface area contributed by atoms with Crippen molar-refractivity contribution in [3.05, 3.63) is 22.2 Å². The molecule has 5 nitrogen and oxygen atoms in total. The molecule has 2 heterocycles. The van der Waals surface area contributed by atoms with Gasteiger partial charge >= 0.3 is 0 Å². The van der Waals surface area contributed by atoms with Gasteiger partial charge in [-0.25, -0.2) is 0 Å². The molecule has 2 aliphatic rings. The fourth-order valence-electron chi connectivity index (χ4n) is 3.84. The number of fused-ring (bicyclic) bond motifs is 2. The zero-order valence-electron chi connectivity index (χ0n) is 14.9. The lowest BCUT2D eigenvalue weighted by Crippen LogP contribution is -2.48. The van der Waals surface area contributed by atoms with E-state index in [9.17, 15) is 4.79 Å². The Morgan fingerprint density at radius 1 is 1.32 bits per heavy atom. The zero-order chi connectivity index (χ0) is 17.3. The largest absolute Gasteiger partial charge is 0.493 e. The van der Waals surface area contributed by atoms with Crippen molar-refractivity contribution in [1.82, 2.24) is 10.2 Å². The fourth-order valence-corrected chi connectivity index (χ4v) is 4.40. The van der Waals surface area contributed by atoms with Gasteiger partial charge in [-0.05, 0) is 60.7 Å². The number of amides is 1. The molecule has 1 N–H and O–H groups in total. The molecule has 0 aromatic heterocycles. The Kier molecular flexibility index (Phi) is 7.00. The van der Waals surface area contributed by atoms with Crippen molar-refractivity contribution in [3.8, 4) is 11.5 Å². The molecule has 140 valence electrons. The third-order valence-electron chi connectivity index (χ3n) is 5.08. The van der Waals surface area contributed by atoms with Gasteiger partial charge in [-0.1, -0.05) is 0 Å². The minimum Gasteiger partial charge on any atom is -0.493 e. The van der Waals surface area contributed by atoms with E-state index in [1.54, 1.807) is 13.2 Å². The number of hydrogen-bond acceptors (Lipinski definition) is 4. The molecular weight excluding hydrogens is 408 g/mol. The van der Waals surface area contributed by atoms with Gasteiger partial charge in [-0.15, -0.1) is 12.4 Å². The number of piperidine rings is 1. The number of methoxy groups -OCH3 is 1. The number of nitrogens with one attached hydrogen (secondary N) is 1. The fraction of sp³-hybridized carbons (Fsp3) is 0.611. The predicted molar refractivity (Wildman–Crippen MR) is 104 cm³/mol. The summed E-state index contributed by atoms with van der Waals surface area (Å²) in [6.45, 7) is 2.46.